The zero-order valence-corrected chi connectivity index (χ0v) is 23.8. The lowest BCUT2D eigenvalue weighted by molar-refractivity contribution is -0.0483. The molecule has 2 radical (unpaired) electrons. The average molecular weight is 556 g/mol. The number of allylic oxidation sites excluding steroid dienone is 1. The first kappa shape index (κ1) is 26.4. The van der Waals surface area contributed by atoms with Crippen LogP contribution in [0.3, 0.4) is 0 Å². The van der Waals surface area contributed by atoms with Crippen molar-refractivity contribution >= 4 is 38.3 Å². The molecule has 0 aliphatic heterocycles. The molecule has 3 fully saturated rings. The van der Waals surface area contributed by atoms with Crippen LogP contribution in [-0.2, 0) is 4.18 Å². The first-order chi connectivity index (χ1) is 14.9. The Balaban J connectivity index is 0.00000132. The van der Waals surface area contributed by atoms with E-state index in [1.165, 1.54) is 93.1 Å². The van der Waals surface area contributed by atoms with Gasteiger partial charge in [-0.05, 0) is 98.2 Å². The van der Waals surface area contributed by atoms with Crippen molar-refractivity contribution in [3.05, 3.63) is 11.6 Å². The lowest BCUT2D eigenvalue weighted by atomic mass is 9.47. The molecule has 0 aromatic rings. The molecular weight excluding hydrogens is 510 g/mol. The van der Waals surface area contributed by atoms with Crippen molar-refractivity contribution in [2.45, 2.75) is 118 Å². The number of rotatable bonds is 7. The monoisotopic (exact) mass is 556 g/mol. The van der Waals surface area contributed by atoms with E-state index in [4.69, 9.17) is 4.18 Å². The van der Waals surface area contributed by atoms with Gasteiger partial charge in [0, 0.05) is 21.2 Å². The van der Waals surface area contributed by atoms with Crippen molar-refractivity contribution < 1.29 is 4.18 Å². The molecule has 0 heterocycles. The summed E-state index contributed by atoms with van der Waals surface area (Å²) in [6.45, 7) is 11.6. The summed E-state index contributed by atoms with van der Waals surface area (Å²) in [6, 6.07) is 0. The molecule has 4 heteroatoms. The lowest BCUT2D eigenvalue weighted by Gasteiger charge is -2.58. The van der Waals surface area contributed by atoms with Gasteiger partial charge in [-0.25, -0.2) is 0 Å². The fourth-order valence-electron chi connectivity index (χ4n) is 8.29. The maximum atomic E-state index is 5.94. The summed E-state index contributed by atoms with van der Waals surface area (Å²) >= 11 is 2.28. The third kappa shape index (κ3) is 5.41. The van der Waals surface area contributed by atoms with Gasteiger partial charge >= 0.3 is 0 Å². The fraction of sp³-hybridized carbons (Fsp3) is 0.926. The van der Waals surface area contributed by atoms with Crippen molar-refractivity contribution in [3.63, 3.8) is 0 Å². The first-order valence-electron chi connectivity index (χ1n) is 13.1. The van der Waals surface area contributed by atoms with Gasteiger partial charge in [-0.15, -0.1) is 0 Å². The summed E-state index contributed by atoms with van der Waals surface area (Å²) in [7, 11) is 6.03. The zero-order chi connectivity index (χ0) is 22.6. The summed E-state index contributed by atoms with van der Waals surface area (Å²) in [6.07, 6.45) is 20.2. The van der Waals surface area contributed by atoms with Crippen molar-refractivity contribution in [1.29, 1.82) is 0 Å². The quantitative estimate of drug-likeness (QED) is 0.102. The molecule has 176 valence electrons. The molecule has 0 spiro atoms. The van der Waals surface area contributed by atoms with Crippen LogP contribution in [0.4, 0.5) is 0 Å². The van der Waals surface area contributed by atoms with Gasteiger partial charge in [-0.1, -0.05) is 65.4 Å². The lowest BCUT2D eigenvalue weighted by Crippen LogP contribution is -2.50. The summed E-state index contributed by atoms with van der Waals surface area (Å²) < 4.78 is 5.94. The van der Waals surface area contributed by atoms with Crippen molar-refractivity contribution in [2.24, 2.45) is 40.4 Å². The molecule has 7 atom stereocenters. The van der Waals surface area contributed by atoms with Gasteiger partial charge in [0.15, 0.2) is 0 Å². The van der Waals surface area contributed by atoms with E-state index in [2.05, 4.69) is 62.8 Å². The van der Waals surface area contributed by atoms with Gasteiger partial charge in [0.2, 0.25) is 0 Å². The Hall–Kier alpha value is 0.845. The summed E-state index contributed by atoms with van der Waals surface area (Å²) in [5.41, 5.74) is 2.86. The molecule has 3 saturated carbocycles. The van der Waals surface area contributed by atoms with Crippen LogP contribution in [0.5, 0.6) is 0 Å². The van der Waals surface area contributed by atoms with Gasteiger partial charge in [-0.2, -0.15) is 0 Å². The Morgan fingerprint density at radius 3 is 2.58 bits per heavy atom. The predicted molar refractivity (Wildman–Crippen MR) is 147 cm³/mol. The number of unbranched alkanes of at least 4 members (excludes halogenated alkanes) is 1. The third-order valence-electron chi connectivity index (χ3n) is 10.0. The molecule has 4 rings (SSSR count). The molecule has 4 aliphatic carbocycles. The highest BCUT2D eigenvalue weighted by Gasteiger charge is 2.58. The topological polar surface area (TPSA) is 9.23 Å². The van der Waals surface area contributed by atoms with Crippen LogP contribution in [0.1, 0.15) is 105 Å². The maximum absolute atomic E-state index is 5.94. The van der Waals surface area contributed by atoms with E-state index in [-0.39, 0.29) is 0 Å². The van der Waals surface area contributed by atoms with E-state index in [1.807, 2.05) is 0 Å². The van der Waals surface area contributed by atoms with Crippen molar-refractivity contribution in [3.8, 4) is 0 Å². The summed E-state index contributed by atoms with van der Waals surface area (Å²) in [5, 5.41) is 0. The molecule has 1 nitrogen and oxygen atoms in total. The largest absolute Gasteiger partial charge is 0.302 e. The Kier molecular flexibility index (Phi) is 9.83. The highest BCUT2D eigenvalue weighted by Crippen LogP contribution is 2.66. The van der Waals surface area contributed by atoms with E-state index >= 15 is 0 Å². The van der Waals surface area contributed by atoms with Crippen molar-refractivity contribution in [1.82, 2.24) is 0 Å². The van der Waals surface area contributed by atoms with E-state index in [9.17, 15) is 0 Å². The molecule has 0 bridgehead atoms. The third-order valence-corrected chi connectivity index (χ3v) is 11.0. The number of fused-ring (bicyclic) bond motifs is 5. The smallest absolute Gasteiger partial charge is 0.0769 e. The number of halogens is 1. The van der Waals surface area contributed by atoms with Crippen LogP contribution in [0, 0.1) is 40.4 Å². The van der Waals surface area contributed by atoms with Gasteiger partial charge in [-0.3, -0.25) is 0 Å². The van der Waals surface area contributed by atoms with E-state index in [0.717, 1.165) is 29.6 Å². The minimum atomic E-state index is 0.448. The Labute approximate surface area is 211 Å². The van der Waals surface area contributed by atoms with Crippen LogP contribution in [0.2, 0.25) is 6.82 Å². The standard InChI is InChI=1S/C26H43IOS.CH3B/c1-18(2)7-5-6-8-19-10-12-23-22-11-9-20-17-21(28-29-27)13-15-26(20,4)24(22)14-16-25(19,23)3;1-2/h9,18-19,21-24H,5-8,10-17H2,1-4H3;1H3. The Morgan fingerprint density at radius 1 is 1.10 bits per heavy atom. The van der Waals surface area contributed by atoms with Crippen LogP contribution >= 0.6 is 30.4 Å². The second-order valence-corrected chi connectivity index (χ2v) is 13.2. The van der Waals surface area contributed by atoms with Crippen LogP contribution < -0.4 is 0 Å². The molecule has 31 heavy (non-hydrogen) atoms. The van der Waals surface area contributed by atoms with Gasteiger partial charge < -0.3 is 4.18 Å². The summed E-state index contributed by atoms with van der Waals surface area (Å²) in [4.78, 5) is 0. The van der Waals surface area contributed by atoms with Gasteiger partial charge in [0.05, 0.1) is 23.2 Å². The van der Waals surface area contributed by atoms with Crippen LogP contribution in [-0.4, -0.2) is 14.0 Å². The molecular formula is C27H46BIOS. The summed E-state index contributed by atoms with van der Waals surface area (Å²) in [5.74, 6) is 4.76. The minimum absolute atomic E-state index is 0.448. The van der Waals surface area contributed by atoms with E-state index < -0.39 is 0 Å². The van der Waals surface area contributed by atoms with Gasteiger partial charge in [0.1, 0.15) is 0 Å². The molecule has 0 N–H and O–H groups in total. The zero-order valence-electron chi connectivity index (χ0n) is 20.8. The Morgan fingerprint density at radius 2 is 1.87 bits per heavy atom. The molecule has 0 aromatic carbocycles. The second kappa shape index (κ2) is 11.5. The first-order valence-corrected chi connectivity index (χ1v) is 16.4. The highest BCUT2D eigenvalue weighted by atomic mass is 127. The SMILES string of the molecule is CC(C)CCCCC1CCC2C3CC=C4CC(OSI)CCC4(C)C3CCC12C.[B]C. The average Bonchev–Trinajstić information content (AvgIpc) is 3.09. The van der Waals surface area contributed by atoms with Crippen molar-refractivity contribution in [2.75, 3.05) is 0 Å². The predicted octanol–water partition coefficient (Wildman–Crippen LogP) is 9.37. The molecule has 4 aliphatic rings. The molecule has 0 saturated heterocycles. The van der Waals surface area contributed by atoms with E-state index in [1.54, 1.807) is 5.57 Å². The fourth-order valence-corrected chi connectivity index (χ4v) is 9.44. The highest BCUT2D eigenvalue weighted by molar-refractivity contribution is 14.2. The molecule has 7 unspecified atom stereocenters. The van der Waals surface area contributed by atoms with Crippen LogP contribution in [0.15, 0.2) is 11.6 Å². The second-order valence-electron chi connectivity index (χ2n) is 11.8. The normalized spacial score (nSPS) is 41.5. The maximum Gasteiger partial charge on any atom is 0.0769 e. The molecule has 0 amide bonds. The van der Waals surface area contributed by atoms with Gasteiger partial charge in [0.25, 0.3) is 0 Å². The Bertz CT molecular complexity index is 610. The minimum Gasteiger partial charge on any atom is -0.302 e. The van der Waals surface area contributed by atoms with E-state index in [0.29, 0.717) is 16.9 Å². The number of hydrogen-bond donors (Lipinski definition) is 0. The number of hydrogen-bond acceptors (Lipinski definition) is 2. The molecule has 0 aromatic heterocycles. The van der Waals surface area contributed by atoms with Crippen LogP contribution in [0.25, 0.3) is 0 Å².